The molecule has 0 aliphatic heterocycles. The molecule has 0 atom stereocenters. The maximum Gasteiger partial charge on any atom is 0.127 e. The van der Waals surface area contributed by atoms with E-state index in [9.17, 15) is 4.39 Å². The molecule has 0 fully saturated rings. The topological polar surface area (TPSA) is 35.0 Å². The normalized spacial score (nSPS) is 10.5. The second-order valence-electron chi connectivity index (χ2n) is 4.87. The van der Waals surface area contributed by atoms with Gasteiger partial charge in [-0.15, -0.1) is 10.2 Å². The van der Waals surface area contributed by atoms with Gasteiger partial charge in [-0.1, -0.05) is 42.1 Å². The van der Waals surface area contributed by atoms with Crippen LogP contribution < -0.4 is 4.74 Å². The molecule has 23 heavy (non-hydrogen) atoms. The van der Waals surface area contributed by atoms with E-state index in [0.717, 1.165) is 22.0 Å². The molecule has 0 radical (unpaired) electrons. The fourth-order valence-electron chi connectivity index (χ4n) is 2.10. The molecule has 0 N–H and O–H groups in total. The van der Waals surface area contributed by atoms with E-state index in [4.69, 9.17) is 4.74 Å². The predicted octanol–water partition coefficient (Wildman–Crippen LogP) is 4.58. The molecule has 3 nitrogen and oxygen atoms in total. The van der Waals surface area contributed by atoms with E-state index in [1.54, 1.807) is 19.2 Å². The van der Waals surface area contributed by atoms with Gasteiger partial charge in [-0.3, -0.25) is 0 Å². The van der Waals surface area contributed by atoms with Crippen molar-refractivity contribution in [2.45, 2.75) is 10.8 Å². The van der Waals surface area contributed by atoms with Crippen LogP contribution in [-0.4, -0.2) is 17.3 Å². The summed E-state index contributed by atoms with van der Waals surface area (Å²) in [6.07, 6.45) is 0. The van der Waals surface area contributed by atoms with Crippen molar-refractivity contribution in [2.75, 3.05) is 7.11 Å². The van der Waals surface area contributed by atoms with Crippen LogP contribution in [0.4, 0.5) is 4.39 Å². The fraction of sp³-hybridized carbons (Fsp3) is 0.111. The average molecular weight is 326 g/mol. The van der Waals surface area contributed by atoms with Crippen LogP contribution in [0, 0.1) is 5.82 Å². The Bertz CT molecular complexity index is 793. The van der Waals surface area contributed by atoms with Gasteiger partial charge in [0.2, 0.25) is 0 Å². The van der Waals surface area contributed by atoms with Crippen molar-refractivity contribution in [3.63, 3.8) is 0 Å². The summed E-state index contributed by atoms with van der Waals surface area (Å²) < 4.78 is 18.8. The van der Waals surface area contributed by atoms with Gasteiger partial charge in [0.1, 0.15) is 16.6 Å². The number of hydrogen-bond donors (Lipinski definition) is 0. The quantitative estimate of drug-likeness (QED) is 0.643. The third-order valence-corrected chi connectivity index (χ3v) is 4.31. The van der Waals surface area contributed by atoms with E-state index < -0.39 is 0 Å². The maximum absolute atomic E-state index is 13.6. The number of aromatic nitrogens is 2. The first-order chi connectivity index (χ1) is 11.3. The van der Waals surface area contributed by atoms with Crippen molar-refractivity contribution in [3.05, 3.63) is 72.0 Å². The molecule has 0 saturated carbocycles. The SMILES string of the molecule is COc1cccc(-c2ccc(SCc3ccccc3F)nn2)c1. The fourth-order valence-corrected chi connectivity index (χ4v) is 2.90. The summed E-state index contributed by atoms with van der Waals surface area (Å²) in [7, 11) is 1.63. The van der Waals surface area contributed by atoms with Gasteiger partial charge in [0.25, 0.3) is 0 Å². The van der Waals surface area contributed by atoms with Crippen LogP contribution in [0.2, 0.25) is 0 Å². The first kappa shape index (κ1) is 15.5. The molecule has 3 rings (SSSR count). The van der Waals surface area contributed by atoms with Crippen molar-refractivity contribution in [3.8, 4) is 17.0 Å². The Morgan fingerprint density at radius 2 is 1.87 bits per heavy atom. The maximum atomic E-state index is 13.6. The summed E-state index contributed by atoms with van der Waals surface area (Å²) in [5, 5.41) is 9.21. The predicted molar refractivity (Wildman–Crippen MR) is 90.0 cm³/mol. The Labute approximate surface area is 138 Å². The molecule has 0 aliphatic carbocycles. The van der Waals surface area contributed by atoms with Crippen molar-refractivity contribution >= 4 is 11.8 Å². The van der Waals surface area contributed by atoms with Crippen LogP contribution >= 0.6 is 11.8 Å². The highest BCUT2D eigenvalue weighted by atomic mass is 32.2. The summed E-state index contributed by atoms with van der Waals surface area (Å²) in [6.45, 7) is 0. The minimum Gasteiger partial charge on any atom is -0.497 e. The van der Waals surface area contributed by atoms with E-state index in [2.05, 4.69) is 10.2 Å². The number of methoxy groups -OCH3 is 1. The third kappa shape index (κ3) is 3.87. The van der Waals surface area contributed by atoms with Gasteiger partial charge in [-0.05, 0) is 35.9 Å². The Kier molecular flexibility index (Phi) is 4.88. The van der Waals surface area contributed by atoms with Gasteiger partial charge in [-0.2, -0.15) is 0 Å². The number of ether oxygens (including phenoxy) is 1. The minimum atomic E-state index is -0.194. The summed E-state index contributed by atoms with van der Waals surface area (Å²) in [6, 6.07) is 18.2. The first-order valence-electron chi connectivity index (χ1n) is 7.10. The molecule has 0 saturated heterocycles. The van der Waals surface area contributed by atoms with Gasteiger partial charge >= 0.3 is 0 Å². The van der Waals surface area contributed by atoms with Gasteiger partial charge < -0.3 is 4.74 Å². The van der Waals surface area contributed by atoms with Crippen molar-refractivity contribution in [1.82, 2.24) is 10.2 Å². The Morgan fingerprint density at radius 1 is 1.00 bits per heavy atom. The number of benzene rings is 2. The second kappa shape index (κ2) is 7.24. The van der Waals surface area contributed by atoms with Gasteiger partial charge in [0.05, 0.1) is 12.8 Å². The number of thioether (sulfide) groups is 1. The molecule has 0 spiro atoms. The summed E-state index contributed by atoms with van der Waals surface area (Å²) >= 11 is 1.46. The van der Waals surface area contributed by atoms with Gasteiger partial charge in [-0.25, -0.2) is 4.39 Å². The molecule has 1 aromatic heterocycles. The molecule has 3 aromatic rings. The van der Waals surface area contributed by atoms with Crippen LogP contribution in [0.15, 0.2) is 65.7 Å². The van der Waals surface area contributed by atoms with E-state index in [1.807, 2.05) is 42.5 Å². The summed E-state index contributed by atoms with van der Waals surface area (Å²) in [5.41, 5.74) is 2.39. The number of nitrogens with zero attached hydrogens (tertiary/aromatic N) is 2. The Morgan fingerprint density at radius 3 is 2.61 bits per heavy atom. The van der Waals surface area contributed by atoms with Crippen LogP contribution in [0.5, 0.6) is 5.75 Å². The number of hydrogen-bond acceptors (Lipinski definition) is 4. The zero-order chi connectivity index (χ0) is 16.1. The van der Waals surface area contributed by atoms with Crippen molar-refractivity contribution in [1.29, 1.82) is 0 Å². The molecule has 0 unspecified atom stereocenters. The molecule has 0 aliphatic rings. The van der Waals surface area contributed by atoms with Crippen LogP contribution in [0.3, 0.4) is 0 Å². The molecular weight excluding hydrogens is 311 g/mol. The molecule has 1 heterocycles. The van der Waals surface area contributed by atoms with Crippen molar-refractivity contribution in [2.24, 2.45) is 0 Å². The zero-order valence-electron chi connectivity index (χ0n) is 12.6. The smallest absolute Gasteiger partial charge is 0.127 e. The molecule has 5 heteroatoms. The third-order valence-electron chi connectivity index (χ3n) is 3.34. The lowest BCUT2D eigenvalue weighted by Gasteiger charge is -2.05. The monoisotopic (exact) mass is 326 g/mol. The lowest BCUT2D eigenvalue weighted by Crippen LogP contribution is -1.92. The number of rotatable bonds is 5. The summed E-state index contributed by atoms with van der Waals surface area (Å²) in [4.78, 5) is 0. The lowest BCUT2D eigenvalue weighted by atomic mass is 10.1. The first-order valence-corrected chi connectivity index (χ1v) is 8.09. The molecule has 0 bridgehead atoms. The highest BCUT2D eigenvalue weighted by molar-refractivity contribution is 7.98. The highest BCUT2D eigenvalue weighted by Gasteiger charge is 2.05. The van der Waals surface area contributed by atoms with Crippen LogP contribution in [0.1, 0.15) is 5.56 Å². The standard InChI is InChI=1S/C18H15FN2OS/c1-22-15-7-4-6-13(11-15)17-9-10-18(21-20-17)23-12-14-5-2-3-8-16(14)19/h2-11H,12H2,1H3. The summed E-state index contributed by atoms with van der Waals surface area (Å²) in [5.74, 6) is 1.11. The van der Waals surface area contributed by atoms with E-state index in [0.29, 0.717) is 11.3 Å². The van der Waals surface area contributed by atoms with Gasteiger partial charge in [0, 0.05) is 11.3 Å². The lowest BCUT2D eigenvalue weighted by molar-refractivity contribution is 0.415. The van der Waals surface area contributed by atoms with E-state index in [-0.39, 0.29) is 5.82 Å². The molecule has 116 valence electrons. The average Bonchev–Trinajstić information content (AvgIpc) is 2.61. The Balaban J connectivity index is 1.71. The van der Waals surface area contributed by atoms with E-state index in [1.165, 1.54) is 17.8 Å². The second-order valence-corrected chi connectivity index (χ2v) is 5.86. The minimum absolute atomic E-state index is 0.194. The zero-order valence-corrected chi connectivity index (χ0v) is 13.4. The highest BCUT2D eigenvalue weighted by Crippen LogP contribution is 2.25. The van der Waals surface area contributed by atoms with Gasteiger partial charge in [0.15, 0.2) is 0 Å². The van der Waals surface area contributed by atoms with Crippen molar-refractivity contribution < 1.29 is 9.13 Å². The Hall–Kier alpha value is -2.40. The van der Waals surface area contributed by atoms with Crippen LogP contribution in [-0.2, 0) is 5.75 Å². The molecule has 2 aromatic carbocycles. The largest absolute Gasteiger partial charge is 0.497 e. The van der Waals surface area contributed by atoms with Crippen LogP contribution in [0.25, 0.3) is 11.3 Å². The number of halogens is 1. The molecular formula is C18H15FN2OS. The van der Waals surface area contributed by atoms with E-state index >= 15 is 0 Å². The molecule has 0 amide bonds.